The van der Waals surface area contributed by atoms with Gasteiger partial charge < -0.3 is 5.73 Å². The van der Waals surface area contributed by atoms with E-state index in [0.29, 0.717) is 5.82 Å². The van der Waals surface area contributed by atoms with Gasteiger partial charge in [-0.05, 0) is 25.0 Å². The summed E-state index contributed by atoms with van der Waals surface area (Å²) in [5, 5.41) is 1.52. The Labute approximate surface area is 106 Å². The van der Waals surface area contributed by atoms with Crippen molar-refractivity contribution in [1.29, 1.82) is 0 Å². The number of anilines is 1. The first kappa shape index (κ1) is 12.1. The van der Waals surface area contributed by atoms with Gasteiger partial charge in [-0.15, -0.1) is 0 Å². The van der Waals surface area contributed by atoms with Crippen molar-refractivity contribution in [2.24, 2.45) is 0 Å². The Balaban J connectivity index is 1.90. The van der Waals surface area contributed by atoms with E-state index < -0.39 is 0 Å². The molecule has 1 aliphatic carbocycles. The Kier molecular flexibility index (Phi) is 4.36. The SMILES string of the molecule is Nc1ccc(Cl)c(CSC2CCCCC2)n1. The quantitative estimate of drug-likeness (QED) is 0.892. The first-order valence-corrected chi connectivity index (χ1v) is 7.21. The number of pyridine rings is 1. The molecule has 2 rings (SSSR count). The van der Waals surface area contributed by atoms with Gasteiger partial charge in [0, 0.05) is 11.0 Å². The zero-order valence-corrected chi connectivity index (χ0v) is 10.9. The third-order valence-corrected chi connectivity index (χ3v) is 4.68. The van der Waals surface area contributed by atoms with Gasteiger partial charge in [-0.25, -0.2) is 4.98 Å². The molecule has 0 amide bonds. The summed E-state index contributed by atoms with van der Waals surface area (Å²) in [5.41, 5.74) is 6.59. The number of aromatic nitrogens is 1. The van der Waals surface area contributed by atoms with Crippen LogP contribution in [0, 0.1) is 0 Å². The minimum absolute atomic E-state index is 0.559. The molecule has 4 heteroatoms. The van der Waals surface area contributed by atoms with Gasteiger partial charge in [0.1, 0.15) is 5.82 Å². The van der Waals surface area contributed by atoms with Gasteiger partial charge in [0.2, 0.25) is 0 Å². The minimum Gasteiger partial charge on any atom is -0.384 e. The average Bonchev–Trinajstić information content (AvgIpc) is 2.32. The van der Waals surface area contributed by atoms with Gasteiger partial charge >= 0.3 is 0 Å². The Hall–Kier alpha value is -0.410. The van der Waals surface area contributed by atoms with Crippen LogP contribution in [0.4, 0.5) is 5.82 Å². The molecule has 2 N–H and O–H groups in total. The summed E-state index contributed by atoms with van der Waals surface area (Å²) in [7, 11) is 0. The number of thioether (sulfide) groups is 1. The van der Waals surface area contributed by atoms with E-state index in [1.165, 1.54) is 32.1 Å². The van der Waals surface area contributed by atoms with Crippen LogP contribution in [-0.4, -0.2) is 10.2 Å². The number of nitrogen functional groups attached to an aromatic ring is 1. The van der Waals surface area contributed by atoms with Gasteiger partial charge in [0.25, 0.3) is 0 Å². The molecule has 1 aromatic rings. The van der Waals surface area contributed by atoms with Gasteiger partial charge in [0.15, 0.2) is 0 Å². The van der Waals surface area contributed by atoms with E-state index >= 15 is 0 Å². The molecular formula is C12H17ClN2S. The second-order valence-corrected chi connectivity index (χ2v) is 5.93. The fraction of sp³-hybridized carbons (Fsp3) is 0.583. The molecule has 88 valence electrons. The van der Waals surface area contributed by atoms with Crippen molar-refractivity contribution in [2.45, 2.75) is 43.1 Å². The highest BCUT2D eigenvalue weighted by molar-refractivity contribution is 7.99. The van der Waals surface area contributed by atoms with E-state index in [4.69, 9.17) is 17.3 Å². The number of hydrogen-bond donors (Lipinski definition) is 1. The molecule has 0 radical (unpaired) electrons. The summed E-state index contributed by atoms with van der Waals surface area (Å²) in [6.45, 7) is 0. The molecule has 2 nitrogen and oxygen atoms in total. The normalized spacial score (nSPS) is 17.6. The molecule has 0 saturated heterocycles. The first-order valence-electron chi connectivity index (χ1n) is 5.78. The summed E-state index contributed by atoms with van der Waals surface area (Å²) < 4.78 is 0. The van der Waals surface area contributed by atoms with Crippen LogP contribution >= 0.6 is 23.4 Å². The number of nitrogens with two attached hydrogens (primary N) is 1. The van der Waals surface area contributed by atoms with Crippen LogP contribution in [0.1, 0.15) is 37.8 Å². The lowest BCUT2D eigenvalue weighted by molar-refractivity contribution is 0.516. The maximum Gasteiger partial charge on any atom is 0.123 e. The number of halogens is 1. The molecule has 16 heavy (non-hydrogen) atoms. The van der Waals surface area contributed by atoms with Crippen LogP contribution in [0.15, 0.2) is 12.1 Å². The molecule has 0 spiro atoms. The Morgan fingerprint density at radius 2 is 2.06 bits per heavy atom. The molecule has 1 aromatic heterocycles. The van der Waals surface area contributed by atoms with Gasteiger partial charge in [-0.2, -0.15) is 11.8 Å². The second-order valence-electron chi connectivity index (χ2n) is 4.24. The van der Waals surface area contributed by atoms with Crippen LogP contribution in [0.25, 0.3) is 0 Å². The van der Waals surface area contributed by atoms with E-state index in [1.807, 2.05) is 17.8 Å². The van der Waals surface area contributed by atoms with Gasteiger partial charge in [-0.1, -0.05) is 30.9 Å². The zero-order valence-electron chi connectivity index (χ0n) is 9.29. The van der Waals surface area contributed by atoms with Crippen molar-refractivity contribution < 1.29 is 0 Å². The topological polar surface area (TPSA) is 38.9 Å². The Morgan fingerprint density at radius 1 is 1.31 bits per heavy atom. The maximum absolute atomic E-state index is 6.08. The molecule has 0 bridgehead atoms. The summed E-state index contributed by atoms with van der Waals surface area (Å²) in [4.78, 5) is 4.28. The van der Waals surface area contributed by atoms with Crippen molar-refractivity contribution in [1.82, 2.24) is 4.98 Å². The Morgan fingerprint density at radius 3 is 2.81 bits per heavy atom. The summed E-state index contributed by atoms with van der Waals surface area (Å²) >= 11 is 8.05. The lowest BCUT2D eigenvalue weighted by Crippen LogP contribution is -2.08. The number of nitrogens with zero attached hydrogens (tertiary/aromatic N) is 1. The fourth-order valence-corrected chi connectivity index (χ4v) is 3.56. The fourth-order valence-electron chi connectivity index (χ4n) is 2.03. The average molecular weight is 257 g/mol. The van der Waals surface area contributed by atoms with Crippen LogP contribution in [0.2, 0.25) is 5.02 Å². The smallest absolute Gasteiger partial charge is 0.123 e. The number of hydrogen-bond acceptors (Lipinski definition) is 3. The molecule has 1 saturated carbocycles. The minimum atomic E-state index is 0.559. The van der Waals surface area contributed by atoms with Gasteiger partial charge in [0.05, 0.1) is 10.7 Å². The van der Waals surface area contributed by atoms with Crippen molar-refractivity contribution in [3.05, 3.63) is 22.8 Å². The van der Waals surface area contributed by atoms with Crippen molar-refractivity contribution in [2.75, 3.05) is 5.73 Å². The number of rotatable bonds is 3. The zero-order chi connectivity index (χ0) is 11.4. The lowest BCUT2D eigenvalue weighted by atomic mass is 10.0. The highest BCUT2D eigenvalue weighted by Gasteiger charge is 2.14. The monoisotopic (exact) mass is 256 g/mol. The van der Waals surface area contributed by atoms with E-state index in [-0.39, 0.29) is 0 Å². The largest absolute Gasteiger partial charge is 0.384 e. The lowest BCUT2D eigenvalue weighted by Gasteiger charge is -2.20. The summed E-state index contributed by atoms with van der Waals surface area (Å²) in [6, 6.07) is 3.58. The first-order chi connectivity index (χ1) is 7.75. The molecule has 1 aliphatic rings. The van der Waals surface area contributed by atoms with Crippen molar-refractivity contribution >= 4 is 29.2 Å². The molecule has 0 aromatic carbocycles. The van der Waals surface area contributed by atoms with Gasteiger partial charge in [-0.3, -0.25) is 0 Å². The van der Waals surface area contributed by atoms with Crippen LogP contribution in [0.5, 0.6) is 0 Å². The molecule has 0 unspecified atom stereocenters. The Bertz CT molecular complexity index is 351. The standard InChI is InChI=1S/C12H17ClN2S/c13-10-6-7-12(14)15-11(10)8-16-9-4-2-1-3-5-9/h6-7,9H,1-5,8H2,(H2,14,15). The highest BCUT2D eigenvalue weighted by Crippen LogP contribution is 2.31. The predicted octanol–water partition coefficient (Wildman–Crippen LogP) is 3.88. The van der Waals surface area contributed by atoms with Crippen LogP contribution in [0.3, 0.4) is 0 Å². The summed E-state index contributed by atoms with van der Waals surface area (Å²) in [5.74, 6) is 1.44. The third-order valence-electron chi connectivity index (χ3n) is 2.95. The van der Waals surface area contributed by atoms with E-state index in [1.54, 1.807) is 6.07 Å². The molecule has 0 aliphatic heterocycles. The summed E-state index contributed by atoms with van der Waals surface area (Å²) in [6.07, 6.45) is 6.81. The molecule has 1 fully saturated rings. The van der Waals surface area contributed by atoms with E-state index in [9.17, 15) is 0 Å². The molecule has 1 heterocycles. The predicted molar refractivity (Wildman–Crippen MR) is 71.8 cm³/mol. The van der Waals surface area contributed by atoms with Crippen LogP contribution in [-0.2, 0) is 5.75 Å². The van der Waals surface area contributed by atoms with E-state index in [2.05, 4.69) is 4.98 Å². The molecular weight excluding hydrogens is 240 g/mol. The second kappa shape index (κ2) is 5.78. The highest BCUT2D eigenvalue weighted by atomic mass is 35.5. The van der Waals surface area contributed by atoms with Crippen molar-refractivity contribution in [3.8, 4) is 0 Å². The van der Waals surface area contributed by atoms with Crippen LogP contribution < -0.4 is 5.73 Å². The van der Waals surface area contributed by atoms with Crippen molar-refractivity contribution in [3.63, 3.8) is 0 Å². The molecule has 0 atom stereocenters. The maximum atomic E-state index is 6.08. The van der Waals surface area contributed by atoms with E-state index in [0.717, 1.165) is 21.7 Å². The third kappa shape index (κ3) is 3.29.